The van der Waals surface area contributed by atoms with Crippen LogP contribution in [0.25, 0.3) is 17.2 Å². The Labute approximate surface area is 176 Å². The predicted octanol–water partition coefficient (Wildman–Crippen LogP) is 4.95. The standard InChI is InChI=1S/C25H23NO4/c1-18(30-24(27)17-16-20-12-6-9-15-23(20)29-2)25(28)26-22-14-8-7-13-21(22)19-10-4-3-5-11-19/h3-18H,1-2H3,(H,26,28)/b17-16+/t18-/m1/s1. The van der Waals surface area contributed by atoms with E-state index >= 15 is 0 Å². The van der Waals surface area contributed by atoms with Gasteiger partial charge in [-0.15, -0.1) is 0 Å². The quantitative estimate of drug-likeness (QED) is 0.450. The third-order valence-electron chi connectivity index (χ3n) is 4.47. The number of amides is 1. The molecule has 0 saturated carbocycles. The number of carbonyl (C=O) groups is 2. The number of hydrogen-bond donors (Lipinski definition) is 1. The van der Waals surface area contributed by atoms with E-state index in [1.54, 1.807) is 19.3 Å². The van der Waals surface area contributed by atoms with Gasteiger partial charge in [0.05, 0.1) is 7.11 Å². The highest BCUT2D eigenvalue weighted by Gasteiger charge is 2.18. The van der Waals surface area contributed by atoms with Gasteiger partial charge in [0.15, 0.2) is 6.10 Å². The van der Waals surface area contributed by atoms with Crippen molar-refractivity contribution in [3.63, 3.8) is 0 Å². The van der Waals surface area contributed by atoms with E-state index in [2.05, 4.69) is 5.32 Å². The lowest BCUT2D eigenvalue weighted by molar-refractivity contribution is -0.148. The molecule has 3 aromatic rings. The maximum absolute atomic E-state index is 12.6. The van der Waals surface area contributed by atoms with Crippen molar-refractivity contribution in [2.75, 3.05) is 12.4 Å². The summed E-state index contributed by atoms with van der Waals surface area (Å²) >= 11 is 0. The van der Waals surface area contributed by atoms with Crippen LogP contribution in [0.2, 0.25) is 0 Å². The third-order valence-corrected chi connectivity index (χ3v) is 4.47. The Morgan fingerprint density at radius 2 is 1.57 bits per heavy atom. The Kier molecular flexibility index (Phi) is 7.00. The van der Waals surface area contributed by atoms with Gasteiger partial charge in [0.25, 0.3) is 5.91 Å². The normalized spacial score (nSPS) is 11.7. The Bertz CT molecular complexity index is 1040. The van der Waals surface area contributed by atoms with Gasteiger partial charge in [0.1, 0.15) is 5.75 Å². The number of anilines is 1. The van der Waals surface area contributed by atoms with Crippen molar-refractivity contribution in [1.29, 1.82) is 0 Å². The first-order valence-corrected chi connectivity index (χ1v) is 9.55. The number of methoxy groups -OCH3 is 1. The fourth-order valence-corrected chi connectivity index (χ4v) is 2.92. The lowest BCUT2D eigenvalue weighted by atomic mass is 10.0. The van der Waals surface area contributed by atoms with E-state index in [1.165, 1.54) is 13.0 Å². The minimum Gasteiger partial charge on any atom is -0.496 e. The summed E-state index contributed by atoms with van der Waals surface area (Å²) in [6.07, 6.45) is 1.92. The van der Waals surface area contributed by atoms with Crippen LogP contribution in [-0.4, -0.2) is 25.1 Å². The van der Waals surface area contributed by atoms with Gasteiger partial charge in [-0.3, -0.25) is 4.79 Å². The maximum atomic E-state index is 12.6. The number of ether oxygens (including phenoxy) is 2. The molecule has 5 heteroatoms. The fourth-order valence-electron chi connectivity index (χ4n) is 2.92. The Balaban J connectivity index is 1.64. The first-order valence-electron chi connectivity index (χ1n) is 9.55. The van der Waals surface area contributed by atoms with Gasteiger partial charge in [-0.05, 0) is 30.7 Å². The molecular weight excluding hydrogens is 378 g/mol. The first-order chi connectivity index (χ1) is 14.6. The van der Waals surface area contributed by atoms with Crippen LogP contribution in [0.5, 0.6) is 5.75 Å². The summed E-state index contributed by atoms with van der Waals surface area (Å²) < 4.78 is 10.5. The third kappa shape index (κ3) is 5.35. The average molecular weight is 401 g/mol. The van der Waals surface area contributed by atoms with Crippen LogP contribution >= 0.6 is 0 Å². The van der Waals surface area contributed by atoms with E-state index in [9.17, 15) is 9.59 Å². The molecule has 0 heterocycles. The molecule has 1 amide bonds. The maximum Gasteiger partial charge on any atom is 0.331 e. The van der Waals surface area contributed by atoms with Crippen LogP contribution in [0.1, 0.15) is 12.5 Å². The molecule has 5 nitrogen and oxygen atoms in total. The SMILES string of the molecule is COc1ccccc1/C=C/C(=O)O[C@H](C)C(=O)Nc1ccccc1-c1ccccc1. The molecule has 0 radical (unpaired) electrons. The molecule has 0 saturated heterocycles. The molecule has 1 atom stereocenters. The second kappa shape index (κ2) is 10.1. The van der Waals surface area contributed by atoms with E-state index in [0.717, 1.165) is 16.7 Å². The number of benzene rings is 3. The Morgan fingerprint density at radius 3 is 2.33 bits per heavy atom. The minimum atomic E-state index is -0.955. The summed E-state index contributed by atoms with van der Waals surface area (Å²) in [5.41, 5.74) is 3.27. The average Bonchev–Trinajstić information content (AvgIpc) is 2.78. The molecule has 0 aliphatic carbocycles. The summed E-state index contributed by atoms with van der Waals surface area (Å²) in [5.74, 6) is -0.373. The molecule has 0 fully saturated rings. The molecule has 0 aliphatic rings. The van der Waals surface area contributed by atoms with E-state index in [1.807, 2.05) is 72.8 Å². The molecule has 1 N–H and O–H groups in total. The number of para-hydroxylation sites is 2. The van der Waals surface area contributed by atoms with Crippen LogP contribution in [0, 0.1) is 0 Å². The molecule has 0 aliphatic heterocycles. The van der Waals surface area contributed by atoms with E-state index in [0.29, 0.717) is 11.4 Å². The summed E-state index contributed by atoms with van der Waals surface area (Å²) in [7, 11) is 1.56. The summed E-state index contributed by atoms with van der Waals surface area (Å²) in [5, 5.41) is 2.85. The number of hydrogen-bond acceptors (Lipinski definition) is 4. The number of carbonyl (C=O) groups excluding carboxylic acids is 2. The van der Waals surface area contributed by atoms with Gasteiger partial charge in [-0.1, -0.05) is 66.7 Å². The summed E-state index contributed by atoms with van der Waals surface area (Å²) in [6.45, 7) is 1.54. The number of rotatable bonds is 7. The van der Waals surface area contributed by atoms with E-state index in [-0.39, 0.29) is 0 Å². The lowest BCUT2D eigenvalue weighted by Crippen LogP contribution is -2.29. The van der Waals surface area contributed by atoms with Gasteiger partial charge >= 0.3 is 5.97 Å². The molecule has 3 aromatic carbocycles. The van der Waals surface area contributed by atoms with Crippen molar-refractivity contribution < 1.29 is 19.1 Å². The fraction of sp³-hybridized carbons (Fsp3) is 0.120. The van der Waals surface area contributed by atoms with Crippen molar-refractivity contribution in [1.82, 2.24) is 0 Å². The highest BCUT2D eigenvalue weighted by molar-refractivity contribution is 5.99. The van der Waals surface area contributed by atoms with Crippen molar-refractivity contribution in [3.8, 4) is 16.9 Å². The second-order valence-corrected chi connectivity index (χ2v) is 6.56. The zero-order valence-corrected chi connectivity index (χ0v) is 16.9. The van der Waals surface area contributed by atoms with E-state index in [4.69, 9.17) is 9.47 Å². The summed E-state index contributed by atoms with van der Waals surface area (Å²) in [4.78, 5) is 24.7. The van der Waals surface area contributed by atoms with E-state index < -0.39 is 18.0 Å². The van der Waals surface area contributed by atoms with Gasteiger partial charge in [0.2, 0.25) is 0 Å². The first kappa shape index (κ1) is 20.9. The van der Waals surface area contributed by atoms with Gasteiger partial charge in [-0.2, -0.15) is 0 Å². The van der Waals surface area contributed by atoms with Crippen molar-refractivity contribution >= 4 is 23.6 Å². The Morgan fingerprint density at radius 1 is 0.900 bits per heavy atom. The highest BCUT2D eigenvalue weighted by Crippen LogP contribution is 2.27. The van der Waals surface area contributed by atoms with Crippen molar-refractivity contribution in [2.24, 2.45) is 0 Å². The van der Waals surface area contributed by atoms with Gasteiger partial charge in [0, 0.05) is 22.9 Å². The van der Waals surface area contributed by atoms with Crippen LogP contribution in [0.15, 0.2) is 84.9 Å². The van der Waals surface area contributed by atoms with Gasteiger partial charge in [-0.25, -0.2) is 4.79 Å². The topological polar surface area (TPSA) is 64.6 Å². The lowest BCUT2D eigenvalue weighted by Gasteiger charge is -2.15. The second-order valence-electron chi connectivity index (χ2n) is 6.56. The smallest absolute Gasteiger partial charge is 0.331 e. The zero-order chi connectivity index (χ0) is 21.3. The largest absolute Gasteiger partial charge is 0.496 e. The molecule has 0 aromatic heterocycles. The molecule has 3 rings (SSSR count). The van der Waals surface area contributed by atoms with Gasteiger partial charge < -0.3 is 14.8 Å². The molecule has 0 spiro atoms. The Hall–Kier alpha value is -3.86. The zero-order valence-electron chi connectivity index (χ0n) is 16.9. The van der Waals surface area contributed by atoms with Crippen molar-refractivity contribution in [2.45, 2.75) is 13.0 Å². The number of esters is 1. The van der Waals surface area contributed by atoms with Crippen LogP contribution in [0.3, 0.4) is 0 Å². The van der Waals surface area contributed by atoms with Crippen LogP contribution < -0.4 is 10.1 Å². The molecule has 0 bridgehead atoms. The molecular formula is C25H23NO4. The monoisotopic (exact) mass is 401 g/mol. The van der Waals surface area contributed by atoms with Crippen molar-refractivity contribution in [3.05, 3.63) is 90.5 Å². The molecule has 152 valence electrons. The molecule has 0 unspecified atom stereocenters. The minimum absolute atomic E-state index is 0.405. The van der Waals surface area contributed by atoms with Crippen LogP contribution in [-0.2, 0) is 14.3 Å². The molecule has 30 heavy (non-hydrogen) atoms. The highest BCUT2D eigenvalue weighted by atomic mass is 16.5. The predicted molar refractivity (Wildman–Crippen MR) is 118 cm³/mol. The summed E-state index contributed by atoms with van der Waals surface area (Å²) in [6, 6.07) is 24.5. The number of nitrogens with one attached hydrogen (secondary N) is 1. The van der Waals surface area contributed by atoms with Crippen LogP contribution in [0.4, 0.5) is 5.69 Å².